The minimum atomic E-state index is -4.40. The second-order valence-corrected chi connectivity index (χ2v) is 7.10. The molecule has 0 aliphatic heterocycles. The molecular weight excluding hydrogens is 384 g/mol. The van der Waals surface area contributed by atoms with E-state index in [4.69, 9.17) is 5.73 Å². The maximum Gasteiger partial charge on any atom is 0.443 e. The lowest BCUT2D eigenvalue weighted by atomic mass is 10.1. The maximum absolute atomic E-state index is 12.4. The van der Waals surface area contributed by atoms with E-state index < -0.39 is 17.2 Å². The van der Waals surface area contributed by atoms with Gasteiger partial charge in [0, 0.05) is 11.1 Å². The number of nitrogens with two attached hydrogens (primary N) is 1. The SMILES string of the molecule is NC(c1csc(I)c1)c1cnc(C(F)(F)F)s1. The molecule has 0 fully saturated rings. The van der Waals surface area contributed by atoms with Gasteiger partial charge in [-0.2, -0.15) is 13.2 Å². The van der Waals surface area contributed by atoms with Crippen LogP contribution in [0, 0.1) is 2.88 Å². The van der Waals surface area contributed by atoms with Gasteiger partial charge in [-0.25, -0.2) is 4.98 Å². The van der Waals surface area contributed by atoms with Crippen molar-refractivity contribution in [3.63, 3.8) is 0 Å². The molecule has 0 saturated carbocycles. The van der Waals surface area contributed by atoms with Crippen LogP contribution in [-0.4, -0.2) is 4.98 Å². The average molecular weight is 390 g/mol. The highest BCUT2D eigenvalue weighted by molar-refractivity contribution is 14.1. The Kier molecular flexibility index (Phi) is 3.76. The molecule has 1 atom stereocenters. The molecule has 2 aromatic rings. The van der Waals surface area contributed by atoms with E-state index in [1.54, 1.807) is 0 Å². The van der Waals surface area contributed by atoms with Gasteiger partial charge in [-0.1, -0.05) is 0 Å². The van der Waals surface area contributed by atoms with Crippen molar-refractivity contribution in [3.8, 4) is 0 Å². The minimum Gasteiger partial charge on any atom is -0.320 e. The number of halogens is 4. The van der Waals surface area contributed by atoms with Crippen LogP contribution in [0.1, 0.15) is 21.5 Å². The molecule has 0 spiro atoms. The topological polar surface area (TPSA) is 38.9 Å². The zero-order valence-corrected chi connectivity index (χ0v) is 12.0. The van der Waals surface area contributed by atoms with Gasteiger partial charge >= 0.3 is 6.18 Å². The van der Waals surface area contributed by atoms with Crippen molar-refractivity contribution in [3.05, 3.63) is 36.0 Å². The molecule has 0 aromatic carbocycles. The molecule has 2 nitrogen and oxygen atoms in total. The molecule has 0 saturated heterocycles. The first-order valence-electron chi connectivity index (χ1n) is 4.40. The van der Waals surface area contributed by atoms with E-state index in [0.29, 0.717) is 16.2 Å². The number of thiazole rings is 1. The first kappa shape index (κ1) is 13.2. The van der Waals surface area contributed by atoms with Crippen molar-refractivity contribution in [1.82, 2.24) is 4.98 Å². The van der Waals surface area contributed by atoms with E-state index in [9.17, 15) is 13.2 Å². The Balaban J connectivity index is 2.26. The summed E-state index contributed by atoms with van der Waals surface area (Å²) < 4.78 is 38.2. The van der Waals surface area contributed by atoms with Crippen LogP contribution in [0.4, 0.5) is 13.2 Å². The molecule has 0 aliphatic carbocycles. The summed E-state index contributed by atoms with van der Waals surface area (Å²) in [7, 11) is 0. The molecule has 0 bridgehead atoms. The fraction of sp³-hybridized carbons (Fsp3) is 0.222. The third kappa shape index (κ3) is 2.98. The fourth-order valence-electron chi connectivity index (χ4n) is 1.21. The number of rotatable bonds is 2. The third-order valence-electron chi connectivity index (χ3n) is 2.02. The lowest BCUT2D eigenvalue weighted by Crippen LogP contribution is -2.09. The van der Waals surface area contributed by atoms with Gasteiger partial charge in [-0.15, -0.1) is 22.7 Å². The Morgan fingerprint density at radius 2 is 2.12 bits per heavy atom. The van der Waals surface area contributed by atoms with Crippen molar-refractivity contribution in [1.29, 1.82) is 0 Å². The van der Waals surface area contributed by atoms with Gasteiger partial charge in [0.05, 0.1) is 8.93 Å². The summed E-state index contributed by atoms with van der Waals surface area (Å²) in [6.45, 7) is 0. The summed E-state index contributed by atoms with van der Waals surface area (Å²) in [5.74, 6) is 0. The Morgan fingerprint density at radius 3 is 2.59 bits per heavy atom. The van der Waals surface area contributed by atoms with Crippen LogP contribution in [0.5, 0.6) is 0 Å². The van der Waals surface area contributed by atoms with E-state index >= 15 is 0 Å². The quantitative estimate of drug-likeness (QED) is 0.791. The minimum absolute atomic E-state index is 0.423. The Labute approximate surface area is 117 Å². The number of thiophene rings is 1. The predicted octanol–water partition coefficient (Wildman–Crippen LogP) is 3.88. The van der Waals surface area contributed by atoms with Crippen molar-refractivity contribution >= 4 is 45.3 Å². The summed E-state index contributed by atoms with van der Waals surface area (Å²) in [6, 6.07) is 1.33. The summed E-state index contributed by atoms with van der Waals surface area (Å²) in [5.41, 5.74) is 6.71. The monoisotopic (exact) mass is 390 g/mol. The third-order valence-corrected chi connectivity index (χ3v) is 4.95. The molecule has 92 valence electrons. The predicted molar refractivity (Wildman–Crippen MR) is 70.2 cm³/mol. The first-order valence-corrected chi connectivity index (χ1v) is 7.18. The molecule has 2 N–H and O–H groups in total. The molecule has 0 amide bonds. The second-order valence-electron chi connectivity index (χ2n) is 3.23. The number of hydrogen-bond acceptors (Lipinski definition) is 4. The Bertz CT molecular complexity index is 520. The molecule has 1 unspecified atom stereocenters. The van der Waals surface area contributed by atoms with Crippen molar-refractivity contribution < 1.29 is 13.2 Å². The lowest BCUT2D eigenvalue weighted by molar-refractivity contribution is -0.137. The Morgan fingerprint density at radius 1 is 1.41 bits per heavy atom. The fourth-order valence-corrected chi connectivity index (χ4v) is 3.43. The van der Waals surface area contributed by atoms with Gasteiger partial charge in [0.1, 0.15) is 0 Å². The first-order chi connectivity index (χ1) is 7.88. The van der Waals surface area contributed by atoms with E-state index in [2.05, 4.69) is 27.6 Å². The molecule has 0 aliphatic rings. The van der Waals surface area contributed by atoms with Crippen molar-refractivity contribution in [2.24, 2.45) is 5.73 Å². The van der Waals surface area contributed by atoms with Crippen LogP contribution in [0.15, 0.2) is 17.6 Å². The van der Waals surface area contributed by atoms with Gasteiger partial charge in [0.2, 0.25) is 0 Å². The molecule has 2 heterocycles. The molecule has 0 radical (unpaired) electrons. The Hall–Kier alpha value is -0.190. The second kappa shape index (κ2) is 4.82. The molecular formula is C9H6F3IN2S2. The highest BCUT2D eigenvalue weighted by Gasteiger charge is 2.35. The van der Waals surface area contributed by atoms with Crippen LogP contribution in [0.2, 0.25) is 0 Å². The van der Waals surface area contributed by atoms with Crippen LogP contribution in [0.3, 0.4) is 0 Å². The zero-order chi connectivity index (χ0) is 12.6. The molecule has 8 heteroatoms. The summed E-state index contributed by atoms with van der Waals surface area (Å²) in [5, 5.41) is 0.993. The van der Waals surface area contributed by atoms with E-state index in [1.807, 2.05) is 11.4 Å². The summed E-state index contributed by atoms with van der Waals surface area (Å²) in [4.78, 5) is 3.78. The number of aromatic nitrogens is 1. The van der Waals surface area contributed by atoms with Crippen molar-refractivity contribution in [2.75, 3.05) is 0 Å². The molecule has 17 heavy (non-hydrogen) atoms. The van der Waals surface area contributed by atoms with Gasteiger partial charge < -0.3 is 5.73 Å². The van der Waals surface area contributed by atoms with Crippen LogP contribution in [-0.2, 0) is 6.18 Å². The molecule has 2 rings (SSSR count). The standard InChI is InChI=1S/C9H6F3IN2S2/c10-9(11,12)8-15-2-5(17-8)7(14)4-1-6(13)16-3-4/h1-3,7H,14H2. The number of nitrogens with zero attached hydrogens (tertiary/aromatic N) is 1. The van der Waals surface area contributed by atoms with Gasteiger partial charge in [0.25, 0.3) is 0 Å². The van der Waals surface area contributed by atoms with Crippen LogP contribution < -0.4 is 5.73 Å². The number of alkyl halides is 3. The van der Waals surface area contributed by atoms with Crippen LogP contribution in [0.25, 0.3) is 0 Å². The number of hydrogen-bond donors (Lipinski definition) is 1. The lowest BCUT2D eigenvalue weighted by Gasteiger charge is -2.05. The van der Waals surface area contributed by atoms with Gasteiger partial charge in [0.15, 0.2) is 5.01 Å². The average Bonchev–Trinajstić information content (AvgIpc) is 2.83. The zero-order valence-electron chi connectivity index (χ0n) is 8.16. The van der Waals surface area contributed by atoms with Crippen LogP contribution >= 0.6 is 45.3 Å². The normalized spacial score (nSPS) is 13.9. The van der Waals surface area contributed by atoms with E-state index in [0.717, 1.165) is 8.45 Å². The largest absolute Gasteiger partial charge is 0.443 e. The summed E-state index contributed by atoms with van der Waals surface area (Å²) in [6.07, 6.45) is -3.20. The summed E-state index contributed by atoms with van der Waals surface area (Å²) >= 11 is 4.24. The van der Waals surface area contributed by atoms with Gasteiger partial charge in [-0.05, 0) is 39.6 Å². The highest BCUT2D eigenvalue weighted by atomic mass is 127. The molecule has 2 aromatic heterocycles. The van der Waals surface area contributed by atoms with Gasteiger partial charge in [-0.3, -0.25) is 0 Å². The smallest absolute Gasteiger partial charge is 0.320 e. The van der Waals surface area contributed by atoms with Crippen molar-refractivity contribution in [2.45, 2.75) is 12.2 Å². The maximum atomic E-state index is 12.4. The van der Waals surface area contributed by atoms with E-state index in [-0.39, 0.29) is 0 Å². The highest BCUT2D eigenvalue weighted by Crippen LogP contribution is 2.35. The van der Waals surface area contributed by atoms with E-state index in [1.165, 1.54) is 17.5 Å².